The van der Waals surface area contributed by atoms with Crippen LogP contribution in [0.1, 0.15) is 35.6 Å². The summed E-state index contributed by atoms with van der Waals surface area (Å²) < 4.78 is 21.1. The Labute approximate surface area is 214 Å². The van der Waals surface area contributed by atoms with Gasteiger partial charge in [-0.1, -0.05) is 54.6 Å². The van der Waals surface area contributed by atoms with Gasteiger partial charge in [-0.05, 0) is 35.2 Å². The molecule has 4 heterocycles. The summed E-state index contributed by atoms with van der Waals surface area (Å²) in [7, 11) is 0. The molecule has 0 spiro atoms. The van der Waals surface area contributed by atoms with Crippen molar-refractivity contribution in [3.05, 3.63) is 108 Å². The van der Waals surface area contributed by atoms with Crippen LogP contribution in [0.4, 0.5) is 4.39 Å². The second-order valence-corrected chi connectivity index (χ2v) is 11.8. The summed E-state index contributed by atoms with van der Waals surface area (Å²) in [6.45, 7) is 4.05. The second kappa shape index (κ2) is 8.30. The van der Waals surface area contributed by atoms with E-state index in [0.29, 0.717) is 17.1 Å². The molecule has 4 aliphatic rings. The van der Waals surface area contributed by atoms with Crippen LogP contribution >= 0.6 is 11.8 Å². The van der Waals surface area contributed by atoms with Crippen molar-refractivity contribution in [2.24, 2.45) is 5.92 Å². The Kier molecular flexibility index (Phi) is 5.14. The highest BCUT2D eigenvalue weighted by molar-refractivity contribution is 8.00. The van der Waals surface area contributed by atoms with Gasteiger partial charge in [-0.3, -0.25) is 0 Å². The maximum Gasteiger partial charge on any atom is 0.236 e. The summed E-state index contributed by atoms with van der Waals surface area (Å²) >= 11 is 1.82. The van der Waals surface area contributed by atoms with E-state index in [-0.39, 0.29) is 5.82 Å². The highest BCUT2D eigenvalue weighted by Gasteiger charge is 2.49. The number of benzene rings is 3. The largest absolute Gasteiger partial charge is 0.436 e. The predicted molar refractivity (Wildman–Crippen MR) is 138 cm³/mol. The molecule has 182 valence electrons. The summed E-state index contributed by atoms with van der Waals surface area (Å²) in [5.41, 5.74) is 2.28. The standard InChI is InChI=1S/C30H28FN2O2S/c31-21-6-5-7-23(16-21)36-28-19-33(14-12-20(28)13-15-33)18-22-17-32-29(35-22)30(34)26-10-3-1-8-24(26)25-9-2-4-11-27(25)30/h1-11,16-17,20,28,34H,12-15,18-19H2/q+1/t20?,28-,33?/m0/s1. The van der Waals surface area contributed by atoms with Gasteiger partial charge in [-0.2, -0.15) is 0 Å². The Bertz CT molecular complexity index is 1400. The lowest BCUT2D eigenvalue weighted by atomic mass is 9.85. The van der Waals surface area contributed by atoms with Gasteiger partial charge in [0.2, 0.25) is 5.89 Å². The number of oxazole rings is 1. The molecule has 0 unspecified atom stereocenters. The van der Waals surface area contributed by atoms with Crippen LogP contribution in [0.15, 0.2) is 88.3 Å². The van der Waals surface area contributed by atoms with Gasteiger partial charge in [-0.15, -0.1) is 11.8 Å². The Morgan fingerprint density at radius 1 is 0.972 bits per heavy atom. The molecule has 36 heavy (non-hydrogen) atoms. The number of fused-ring (bicyclic) bond motifs is 6. The lowest BCUT2D eigenvalue weighted by Gasteiger charge is -2.52. The van der Waals surface area contributed by atoms with E-state index in [4.69, 9.17) is 4.42 Å². The summed E-state index contributed by atoms with van der Waals surface area (Å²) in [5, 5.41) is 12.5. The Morgan fingerprint density at radius 3 is 2.36 bits per heavy atom. The third-order valence-corrected chi connectivity index (χ3v) is 9.77. The molecule has 3 fully saturated rings. The number of halogens is 1. The number of hydrogen-bond acceptors (Lipinski definition) is 4. The fourth-order valence-corrected chi connectivity index (χ4v) is 8.16. The number of quaternary nitrogens is 1. The molecule has 4 nitrogen and oxygen atoms in total. The lowest BCUT2D eigenvalue weighted by molar-refractivity contribution is -0.954. The van der Waals surface area contributed by atoms with Gasteiger partial charge in [0, 0.05) is 28.9 Å². The summed E-state index contributed by atoms with van der Waals surface area (Å²) in [6.07, 6.45) is 4.16. The van der Waals surface area contributed by atoms with Crippen LogP contribution in [-0.2, 0) is 12.1 Å². The zero-order chi connectivity index (χ0) is 24.3. The van der Waals surface area contributed by atoms with Gasteiger partial charge in [0.1, 0.15) is 12.4 Å². The number of rotatable bonds is 5. The molecule has 3 aliphatic heterocycles. The minimum absolute atomic E-state index is 0.174. The topological polar surface area (TPSA) is 46.3 Å². The van der Waals surface area contributed by atoms with Crippen molar-refractivity contribution in [1.82, 2.24) is 4.98 Å². The molecule has 0 amide bonds. The van der Waals surface area contributed by atoms with Gasteiger partial charge < -0.3 is 14.0 Å². The second-order valence-electron chi connectivity index (χ2n) is 10.5. The molecule has 0 radical (unpaired) electrons. The van der Waals surface area contributed by atoms with Crippen molar-refractivity contribution in [1.29, 1.82) is 0 Å². The Morgan fingerprint density at radius 2 is 1.67 bits per heavy atom. The molecule has 3 saturated heterocycles. The molecule has 6 heteroatoms. The number of nitrogens with zero attached hydrogens (tertiary/aromatic N) is 2. The number of piperidine rings is 3. The van der Waals surface area contributed by atoms with E-state index in [9.17, 15) is 9.50 Å². The number of thioether (sulfide) groups is 1. The van der Waals surface area contributed by atoms with Crippen LogP contribution in [0, 0.1) is 11.7 Å². The first-order valence-electron chi connectivity index (χ1n) is 12.7. The molecule has 1 N–H and O–H groups in total. The summed E-state index contributed by atoms with van der Waals surface area (Å²) in [5.74, 6) is 1.66. The molecular weight excluding hydrogens is 471 g/mol. The maximum atomic E-state index is 13.8. The van der Waals surface area contributed by atoms with E-state index in [2.05, 4.69) is 4.98 Å². The van der Waals surface area contributed by atoms with Crippen molar-refractivity contribution in [3.63, 3.8) is 0 Å². The predicted octanol–water partition coefficient (Wildman–Crippen LogP) is 5.98. The Hall–Kier alpha value is -2.93. The molecule has 1 aliphatic carbocycles. The first kappa shape index (κ1) is 22.3. The van der Waals surface area contributed by atoms with Crippen molar-refractivity contribution in [3.8, 4) is 11.1 Å². The first-order valence-corrected chi connectivity index (χ1v) is 13.6. The monoisotopic (exact) mass is 499 g/mol. The lowest BCUT2D eigenvalue weighted by Crippen LogP contribution is -2.62. The molecule has 1 aromatic heterocycles. The van der Waals surface area contributed by atoms with Gasteiger partial charge in [0.05, 0.1) is 31.1 Å². The van der Waals surface area contributed by atoms with Gasteiger partial charge in [-0.25, -0.2) is 9.37 Å². The van der Waals surface area contributed by atoms with Crippen LogP contribution < -0.4 is 0 Å². The van der Waals surface area contributed by atoms with Gasteiger partial charge in [0.25, 0.3) is 0 Å². The average Bonchev–Trinajstić information content (AvgIpc) is 3.47. The highest BCUT2D eigenvalue weighted by Crippen LogP contribution is 2.50. The third-order valence-electron chi connectivity index (χ3n) is 8.40. The molecular formula is C30H28FN2O2S+. The van der Waals surface area contributed by atoms with Gasteiger partial charge >= 0.3 is 0 Å². The highest BCUT2D eigenvalue weighted by atomic mass is 32.2. The minimum atomic E-state index is -1.39. The van der Waals surface area contributed by atoms with Crippen molar-refractivity contribution >= 4 is 11.8 Å². The van der Waals surface area contributed by atoms with Gasteiger partial charge in [0.15, 0.2) is 11.4 Å². The quantitative estimate of drug-likeness (QED) is 0.343. The van der Waals surface area contributed by atoms with Crippen molar-refractivity contribution in [2.75, 3.05) is 19.6 Å². The molecule has 8 rings (SSSR count). The number of hydrogen-bond donors (Lipinski definition) is 1. The molecule has 3 aromatic carbocycles. The zero-order valence-electron chi connectivity index (χ0n) is 19.9. The molecule has 4 aromatic rings. The maximum absolute atomic E-state index is 13.8. The van der Waals surface area contributed by atoms with E-state index in [1.807, 2.05) is 66.4 Å². The molecule has 2 bridgehead atoms. The minimum Gasteiger partial charge on any atom is -0.436 e. The zero-order valence-corrected chi connectivity index (χ0v) is 20.8. The van der Waals surface area contributed by atoms with E-state index in [1.54, 1.807) is 18.3 Å². The SMILES string of the molecule is OC1(c2ncc(C[N+]34CCC(CC3)[C@@H](Sc3cccc(F)c3)C4)o2)c2ccccc2-c2ccccc21. The number of aromatic nitrogens is 1. The average molecular weight is 500 g/mol. The smallest absolute Gasteiger partial charge is 0.236 e. The van der Waals surface area contributed by atoms with Crippen LogP contribution in [0.3, 0.4) is 0 Å². The van der Waals surface area contributed by atoms with Crippen molar-refractivity contribution in [2.45, 2.75) is 35.1 Å². The Balaban J connectivity index is 1.17. The fourth-order valence-electron chi connectivity index (χ4n) is 6.61. The van der Waals surface area contributed by atoms with E-state index in [0.717, 1.165) is 63.6 Å². The van der Waals surface area contributed by atoms with Crippen LogP contribution in [0.25, 0.3) is 11.1 Å². The normalized spacial score (nSPS) is 25.5. The van der Waals surface area contributed by atoms with Crippen LogP contribution in [0.2, 0.25) is 0 Å². The molecule has 0 saturated carbocycles. The molecule has 1 atom stereocenters. The van der Waals surface area contributed by atoms with E-state index < -0.39 is 5.60 Å². The van der Waals surface area contributed by atoms with Crippen LogP contribution in [0.5, 0.6) is 0 Å². The number of aliphatic hydroxyl groups is 1. The summed E-state index contributed by atoms with van der Waals surface area (Å²) in [4.78, 5) is 5.64. The van der Waals surface area contributed by atoms with E-state index in [1.165, 1.54) is 18.9 Å². The summed E-state index contributed by atoms with van der Waals surface area (Å²) in [6, 6.07) is 22.9. The third kappa shape index (κ3) is 3.46. The first-order chi connectivity index (χ1) is 17.5. The van der Waals surface area contributed by atoms with Crippen LogP contribution in [-0.4, -0.2) is 39.5 Å². The van der Waals surface area contributed by atoms with Crippen molar-refractivity contribution < 1.29 is 18.4 Å². The van der Waals surface area contributed by atoms with E-state index >= 15 is 0 Å². The fraction of sp³-hybridized carbons (Fsp3) is 0.300.